The molecule has 7 heteroatoms. The van der Waals surface area contributed by atoms with Gasteiger partial charge >= 0.3 is 0 Å². The fourth-order valence-corrected chi connectivity index (χ4v) is 5.17. The summed E-state index contributed by atoms with van der Waals surface area (Å²) in [5, 5.41) is 2.90. The van der Waals surface area contributed by atoms with Crippen LogP contribution >= 0.6 is 0 Å². The lowest BCUT2D eigenvalue weighted by atomic mass is 9.93. The maximum Gasteiger partial charge on any atom is 0.224 e. The number of rotatable bonds is 9. The number of anilines is 3. The van der Waals surface area contributed by atoms with Gasteiger partial charge in [-0.25, -0.2) is 8.42 Å². The van der Waals surface area contributed by atoms with E-state index in [1.54, 1.807) is 12.1 Å². The van der Waals surface area contributed by atoms with Crippen LogP contribution in [0.25, 0.3) is 0 Å². The Bertz CT molecular complexity index is 1150. The normalized spacial score (nSPS) is 15.0. The van der Waals surface area contributed by atoms with Crippen LogP contribution in [0.3, 0.4) is 0 Å². The van der Waals surface area contributed by atoms with Crippen LogP contribution in [0.1, 0.15) is 19.3 Å². The summed E-state index contributed by atoms with van der Waals surface area (Å²) in [4.78, 5) is 17.6. The summed E-state index contributed by atoms with van der Waals surface area (Å²) in [6, 6.07) is 27.3. The van der Waals surface area contributed by atoms with Crippen molar-refractivity contribution in [2.75, 3.05) is 42.7 Å². The first-order valence-electron chi connectivity index (χ1n) is 12.1. The van der Waals surface area contributed by atoms with Crippen LogP contribution in [0.5, 0.6) is 0 Å². The second-order valence-corrected chi connectivity index (χ2v) is 11.2. The minimum atomic E-state index is -3.24. The summed E-state index contributed by atoms with van der Waals surface area (Å²) >= 11 is 0. The van der Waals surface area contributed by atoms with Gasteiger partial charge in [0, 0.05) is 42.8 Å². The Labute approximate surface area is 208 Å². The second-order valence-electron chi connectivity index (χ2n) is 9.16. The summed E-state index contributed by atoms with van der Waals surface area (Å²) in [5.41, 5.74) is 3.01. The Morgan fingerprint density at radius 2 is 1.43 bits per heavy atom. The van der Waals surface area contributed by atoms with Crippen molar-refractivity contribution in [2.45, 2.75) is 24.2 Å². The maximum atomic E-state index is 12.5. The number of para-hydroxylation sites is 2. The van der Waals surface area contributed by atoms with E-state index >= 15 is 0 Å². The Morgan fingerprint density at radius 3 is 1.94 bits per heavy atom. The molecular weight excluding hydrogens is 458 g/mol. The molecule has 3 aromatic rings. The lowest BCUT2D eigenvalue weighted by molar-refractivity contribution is -0.117. The number of carbonyl (C=O) groups is 1. The van der Waals surface area contributed by atoms with E-state index in [0.717, 1.165) is 39.0 Å². The van der Waals surface area contributed by atoms with E-state index in [4.69, 9.17) is 0 Å². The molecule has 0 spiro atoms. The Hall–Kier alpha value is -3.16. The summed E-state index contributed by atoms with van der Waals surface area (Å²) in [6.45, 7) is 3.84. The number of hydrogen-bond donors (Lipinski definition) is 1. The van der Waals surface area contributed by atoms with Gasteiger partial charge in [0.2, 0.25) is 5.91 Å². The van der Waals surface area contributed by atoms with Gasteiger partial charge in [-0.2, -0.15) is 0 Å². The average Bonchev–Trinajstić information content (AvgIpc) is 2.86. The van der Waals surface area contributed by atoms with Gasteiger partial charge in [0.15, 0.2) is 9.84 Å². The van der Waals surface area contributed by atoms with Crippen molar-refractivity contribution in [3.63, 3.8) is 0 Å². The summed E-state index contributed by atoms with van der Waals surface area (Å²) in [5.74, 6) is 0.343. The molecule has 1 saturated heterocycles. The molecule has 1 amide bonds. The number of nitrogens with zero attached hydrogens (tertiary/aromatic N) is 2. The third-order valence-electron chi connectivity index (χ3n) is 6.52. The smallest absolute Gasteiger partial charge is 0.224 e. The van der Waals surface area contributed by atoms with Crippen molar-refractivity contribution < 1.29 is 13.2 Å². The molecule has 0 radical (unpaired) electrons. The fourth-order valence-electron chi connectivity index (χ4n) is 4.54. The Balaban J connectivity index is 1.25. The van der Waals surface area contributed by atoms with Crippen LogP contribution in [-0.2, 0) is 14.6 Å². The third kappa shape index (κ3) is 7.16. The van der Waals surface area contributed by atoms with Gasteiger partial charge in [-0.15, -0.1) is 0 Å². The molecule has 1 heterocycles. The first-order valence-corrected chi connectivity index (χ1v) is 14.0. The minimum Gasteiger partial charge on any atom is -0.340 e. The number of benzene rings is 3. The molecule has 1 N–H and O–H groups in total. The predicted molar refractivity (Wildman–Crippen MR) is 142 cm³/mol. The molecule has 0 atom stereocenters. The molecule has 1 aliphatic rings. The SMILES string of the molecule is CS(=O)(=O)c1ccc(NC(=O)CC2CCN(CCN(c3ccccc3)c3ccccc3)CC2)cc1. The molecule has 1 fully saturated rings. The molecule has 1 aliphatic heterocycles. The van der Waals surface area contributed by atoms with E-state index < -0.39 is 9.84 Å². The molecule has 4 rings (SSSR count). The standard InChI is InChI=1S/C28H33N3O3S/c1-35(33,34)27-14-12-24(13-15-27)29-28(32)22-23-16-18-30(19-17-23)20-21-31(25-8-4-2-5-9-25)26-10-6-3-7-11-26/h2-15,23H,16-22H2,1H3,(H,29,32). The monoisotopic (exact) mass is 491 g/mol. The lowest BCUT2D eigenvalue weighted by Gasteiger charge is -2.34. The summed E-state index contributed by atoms with van der Waals surface area (Å²) < 4.78 is 23.2. The van der Waals surface area contributed by atoms with Crippen LogP contribution in [-0.4, -0.2) is 51.7 Å². The van der Waals surface area contributed by atoms with E-state index in [2.05, 4.69) is 63.6 Å². The molecule has 0 unspecified atom stereocenters. The van der Waals surface area contributed by atoms with Gasteiger partial charge in [-0.1, -0.05) is 36.4 Å². The summed E-state index contributed by atoms with van der Waals surface area (Å²) in [6.07, 6.45) is 3.66. The van der Waals surface area contributed by atoms with E-state index in [-0.39, 0.29) is 10.8 Å². The molecule has 0 saturated carbocycles. The van der Waals surface area contributed by atoms with Crippen molar-refractivity contribution in [1.29, 1.82) is 0 Å². The van der Waals surface area contributed by atoms with Crippen molar-refractivity contribution in [2.24, 2.45) is 5.92 Å². The first-order chi connectivity index (χ1) is 16.9. The average molecular weight is 492 g/mol. The molecule has 0 aliphatic carbocycles. The highest BCUT2D eigenvalue weighted by molar-refractivity contribution is 7.90. The maximum absolute atomic E-state index is 12.5. The zero-order valence-corrected chi connectivity index (χ0v) is 21.0. The van der Waals surface area contributed by atoms with Crippen molar-refractivity contribution in [3.05, 3.63) is 84.9 Å². The quantitative estimate of drug-likeness (QED) is 0.458. The van der Waals surface area contributed by atoms with Crippen molar-refractivity contribution in [3.8, 4) is 0 Å². The largest absolute Gasteiger partial charge is 0.340 e. The second kappa shape index (κ2) is 11.5. The van der Waals surface area contributed by atoms with Crippen LogP contribution in [0, 0.1) is 5.92 Å². The highest BCUT2D eigenvalue weighted by Crippen LogP contribution is 2.26. The van der Waals surface area contributed by atoms with Crippen LogP contribution in [0.15, 0.2) is 89.8 Å². The number of nitrogens with one attached hydrogen (secondary N) is 1. The van der Waals surface area contributed by atoms with E-state index in [1.807, 2.05) is 12.1 Å². The number of hydrogen-bond acceptors (Lipinski definition) is 5. The highest BCUT2D eigenvalue weighted by atomic mass is 32.2. The highest BCUT2D eigenvalue weighted by Gasteiger charge is 2.22. The van der Waals surface area contributed by atoms with E-state index in [0.29, 0.717) is 18.0 Å². The molecule has 6 nitrogen and oxygen atoms in total. The zero-order valence-electron chi connectivity index (χ0n) is 20.1. The number of piperidine rings is 1. The van der Waals surface area contributed by atoms with E-state index in [1.165, 1.54) is 29.8 Å². The minimum absolute atomic E-state index is 0.0186. The Kier molecular flexibility index (Phi) is 8.21. The van der Waals surface area contributed by atoms with Gasteiger partial charge in [0.1, 0.15) is 0 Å². The molecular formula is C28H33N3O3S. The zero-order chi connectivity index (χ0) is 24.7. The van der Waals surface area contributed by atoms with Crippen LogP contribution in [0.4, 0.5) is 17.1 Å². The number of sulfone groups is 1. The van der Waals surface area contributed by atoms with Crippen molar-refractivity contribution in [1.82, 2.24) is 4.90 Å². The van der Waals surface area contributed by atoms with Crippen LogP contribution in [0.2, 0.25) is 0 Å². The van der Waals surface area contributed by atoms with Gasteiger partial charge in [-0.05, 0) is 80.4 Å². The molecule has 0 aromatic heterocycles. The van der Waals surface area contributed by atoms with Crippen molar-refractivity contribution >= 4 is 32.8 Å². The topological polar surface area (TPSA) is 69.7 Å². The summed E-state index contributed by atoms with van der Waals surface area (Å²) in [7, 11) is -3.24. The molecule has 3 aromatic carbocycles. The molecule has 184 valence electrons. The number of carbonyl (C=O) groups excluding carboxylic acids is 1. The van der Waals surface area contributed by atoms with Crippen LogP contribution < -0.4 is 10.2 Å². The van der Waals surface area contributed by atoms with Gasteiger partial charge in [0.05, 0.1) is 4.90 Å². The number of amides is 1. The van der Waals surface area contributed by atoms with Gasteiger partial charge < -0.3 is 15.1 Å². The van der Waals surface area contributed by atoms with E-state index in [9.17, 15) is 13.2 Å². The van der Waals surface area contributed by atoms with Gasteiger partial charge in [-0.3, -0.25) is 4.79 Å². The molecule has 35 heavy (non-hydrogen) atoms. The molecule has 0 bridgehead atoms. The predicted octanol–water partition coefficient (Wildman–Crippen LogP) is 4.97. The van der Waals surface area contributed by atoms with Gasteiger partial charge in [0.25, 0.3) is 0 Å². The lowest BCUT2D eigenvalue weighted by Crippen LogP contribution is -2.39. The third-order valence-corrected chi connectivity index (χ3v) is 7.65. The number of likely N-dealkylation sites (tertiary alicyclic amines) is 1. The Morgan fingerprint density at radius 1 is 0.886 bits per heavy atom. The fraction of sp³-hybridized carbons (Fsp3) is 0.321. The first kappa shape index (κ1) is 24.9.